The number of pyridine rings is 1. The lowest BCUT2D eigenvalue weighted by molar-refractivity contribution is 0.238. The summed E-state index contributed by atoms with van der Waals surface area (Å²) in [5.41, 5.74) is 1.51. The van der Waals surface area contributed by atoms with Crippen molar-refractivity contribution in [2.24, 2.45) is 0 Å². The summed E-state index contributed by atoms with van der Waals surface area (Å²) in [6.45, 7) is 2.24. The van der Waals surface area contributed by atoms with Gasteiger partial charge in [0.25, 0.3) is 0 Å². The van der Waals surface area contributed by atoms with E-state index in [2.05, 4.69) is 16.4 Å². The molecule has 2 aromatic carbocycles. The summed E-state index contributed by atoms with van der Waals surface area (Å²) in [7, 11) is 1.53. The van der Waals surface area contributed by atoms with Crippen molar-refractivity contribution in [3.05, 3.63) is 59.8 Å². The molecule has 144 valence electrons. The number of ether oxygens (including phenoxy) is 2. The van der Waals surface area contributed by atoms with Crippen LogP contribution in [0.15, 0.2) is 42.6 Å². The second-order valence-corrected chi connectivity index (χ2v) is 6.12. The second kappa shape index (κ2) is 8.53. The predicted octanol–water partition coefficient (Wildman–Crippen LogP) is 4.81. The smallest absolute Gasteiger partial charge is 0.184 e. The van der Waals surface area contributed by atoms with Crippen LogP contribution >= 0.6 is 0 Å². The summed E-state index contributed by atoms with van der Waals surface area (Å²) in [5.74, 6) is -0.382. The van der Waals surface area contributed by atoms with E-state index in [1.807, 2.05) is 13.0 Å². The molecule has 0 amide bonds. The maximum Gasteiger partial charge on any atom is 0.184 e. The van der Waals surface area contributed by atoms with E-state index in [0.717, 1.165) is 11.6 Å². The fourth-order valence-corrected chi connectivity index (χ4v) is 2.81. The first-order chi connectivity index (χ1) is 13.5. The van der Waals surface area contributed by atoms with E-state index in [-0.39, 0.29) is 5.52 Å². The number of fused-ring (bicyclic) bond motifs is 1. The van der Waals surface area contributed by atoms with E-state index in [0.29, 0.717) is 35.5 Å². The Balaban J connectivity index is 1.85. The number of hydrogen-bond acceptors (Lipinski definition) is 5. The Morgan fingerprint density at radius 2 is 2.00 bits per heavy atom. The quantitative estimate of drug-likeness (QED) is 0.634. The molecule has 1 aromatic heterocycles. The molecule has 0 saturated heterocycles. The minimum absolute atomic E-state index is 0.102. The zero-order valence-corrected chi connectivity index (χ0v) is 15.5. The third-order valence-corrected chi connectivity index (χ3v) is 4.26. The van der Waals surface area contributed by atoms with Gasteiger partial charge in [-0.25, -0.2) is 8.78 Å². The summed E-state index contributed by atoms with van der Waals surface area (Å²) >= 11 is 0. The zero-order valence-electron chi connectivity index (χ0n) is 15.5. The monoisotopic (exact) mass is 383 g/mol. The summed E-state index contributed by atoms with van der Waals surface area (Å²) in [6, 6.07) is 11.2. The van der Waals surface area contributed by atoms with Crippen LogP contribution in [-0.4, -0.2) is 18.2 Å². The molecule has 28 heavy (non-hydrogen) atoms. The van der Waals surface area contributed by atoms with Crippen LogP contribution in [0.2, 0.25) is 0 Å². The van der Waals surface area contributed by atoms with Gasteiger partial charge in [0.05, 0.1) is 7.11 Å². The lowest BCUT2D eigenvalue weighted by Crippen LogP contribution is -2.13. The highest BCUT2D eigenvalue weighted by molar-refractivity contribution is 5.91. The third-order valence-electron chi connectivity index (χ3n) is 4.26. The first kappa shape index (κ1) is 19.4. The van der Waals surface area contributed by atoms with Crippen LogP contribution in [0.25, 0.3) is 10.9 Å². The van der Waals surface area contributed by atoms with Crippen molar-refractivity contribution in [3.63, 3.8) is 0 Å². The number of nitrogens with zero attached hydrogens (tertiary/aromatic N) is 2. The number of rotatable bonds is 7. The van der Waals surface area contributed by atoms with Crippen LogP contribution in [0.4, 0.5) is 14.5 Å². The van der Waals surface area contributed by atoms with Crippen LogP contribution < -0.4 is 14.8 Å². The van der Waals surface area contributed by atoms with Gasteiger partial charge < -0.3 is 14.8 Å². The van der Waals surface area contributed by atoms with Crippen molar-refractivity contribution in [1.82, 2.24) is 4.98 Å². The van der Waals surface area contributed by atoms with E-state index in [1.54, 1.807) is 18.2 Å². The van der Waals surface area contributed by atoms with Crippen LogP contribution in [-0.2, 0) is 6.54 Å². The first-order valence-electron chi connectivity index (χ1n) is 8.76. The molecular weight excluding hydrogens is 364 g/mol. The molecule has 7 heteroatoms. The maximum atomic E-state index is 13.9. The largest absolute Gasteiger partial charge is 0.493 e. The summed E-state index contributed by atoms with van der Waals surface area (Å²) < 4.78 is 38.5. The van der Waals surface area contributed by atoms with Gasteiger partial charge >= 0.3 is 0 Å². The topological polar surface area (TPSA) is 67.2 Å². The Hall–Kier alpha value is -3.40. The molecule has 1 unspecified atom stereocenters. The lowest BCUT2D eigenvalue weighted by Gasteiger charge is -2.16. The van der Waals surface area contributed by atoms with Gasteiger partial charge in [0.1, 0.15) is 17.4 Å². The molecule has 0 aliphatic carbocycles. The number of hydrogen-bond donors (Lipinski definition) is 1. The number of anilines is 1. The number of benzene rings is 2. The van der Waals surface area contributed by atoms with E-state index in [4.69, 9.17) is 14.7 Å². The molecule has 0 spiro atoms. The van der Waals surface area contributed by atoms with Crippen molar-refractivity contribution in [2.45, 2.75) is 26.0 Å². The second-order valence-electron chi connectivity index (χ2n) is 6.12. The van der Waals surface area contributed by atoms with Crippen LogP contribution in [0.5, 0.6) is 11.5 Å². The van der Waals surface area contributed by atoms with E-state index >= 15 is 0 Å². The molecule has 1 N–H and O–H groups in total. The Kier molecular flexibility index (Phi) is 5.90. The van der Waals surface area contributed by atoms with Crippen LogP contribution in [0, 0.1) is 23.0 Å². The average Bonchev–Trinajstić information content (AvgIpc) is 2.70. The molecule has 0 fully saturated rings. The highest BCUT2D eigenvalue weighted by Gasteiger charge is 2.13. The van der Waals surface area contributed by atoms with Gasteiger partial charge in [0.2, 0.25) is 0 Å². The van der Waals surface area contributed by atoms with E-state index in [1.165, 1.54) is 19.4 Å². The Bertz CT molecular complexity index is 1030. The van der Waals surface area contributed by atoms with Crippen molar-refractivity contribution in [2.75, 3.05) is 12.4 Å². The fraction of sp³-hybridized carbons (Fsp3) is 0.238. The Morgan fingerprint density at radius 1 is 1.18 bits per heavy atom. The van der Waals surface area contributed by atoms with Gasteiger partial charge in [-0.3, -0.25) is 4.98 Å². The summed E-state index contributed by atoms with van der Waals surface area (Å²) in [5, 5.41) is 12.7. The SMILES string of the molecule is CCC(C#N)Oc1cc(CNc2ccnc3c(F)cc(F)cc23)ccc1OC. The van der Waals surface area contributed by atoms with Gasteiger partial charge in [-0.1, -0.05) is 13.0 Å². The van der Waals surface area contributed by atoms with Gasteiger partial charge in [0, 0.05) is 29.9 Å². The van der Waals surface area contributed by atoms with E-state index in [9.17, 15) is 8.78 Å². The molecule has 0 bridgehead atoms. The van der Waals surface area contributed by atoms with Crippen LogP contribution in [0.1, 0.15) is 18.9 Å². The number of nitriles is 1. The van der Waals surface area contributed by atoms with Crippen molar-refractivity contribution >= 4 is 16.6 Å². The van der Waals surface area contributed by atoms with E-state index < -0.39 is 17.7 Å². The minimum atomic E-state index is -0.708. The maximum absolute atomic E-state index is 13.9. The molecule has 0 saturated carbocycles. The number of nitrogens with one attached hydrogen (secondary N) is 1. The van der Waals surface area contributed by atoms with Crippen LogP contribution in [0.3, 0.4) is 0 Å². The highest BCUT2D eigenvalue weighted by Crippen LogP contribution is 2.30. The highest BCUT2D eigenvalue weighted by atomic mass is 19.1. The van der Waals surface area contributed by atoms with Gasteiger partial charge in [-0.05, 0) is 36.2 Å². The molecule has 0 aliphatic rings. The molecule has 5 nitrogen and oxygen atoms in total. The Labute approximate surface area is 161 Å². The molecular formula is C21H19F2N3O2. The minimum Gasteiger partial charge on any atom is -0.493 e. The molecule has 0 radical (unpaired) electrons. The number of aromatic nitrogens is 1. The fourth-order valence-electron chi connectivity index (χ4n) is 2.81. The average molecular weight is 383 g/mol. The molecule has 3 aromatic rings. The van der Waals surface area contributed by atoms with Crippen molar-refractivity contribution in [1.29, 1.82) is 5.26 Å². The van der Waals surface area contributed by atoms with Crippen molar-refractivity contribution in [3.8, 4) is 17.6 Å². The third kappa shape index (κ3) is 4.12. The molecule has 0 aliphatic heterocycles. The van der Waals surface area contributed by atoms with Gasteiger partial charge in [-0.2, -0.15) is 5.26 Å². The predicted molar refractivity (Wildman–Crippen MR) is 102 cm³/mol. The lowest BCUT2D eigenvalue weighted by atomic mass is 10.1. The standard InChI is InChI=1S/C21H19F2N3O2/c1-3-15(11-24)28-20-8-13(4-5-19(20)27-2)12-26-18-6-7-25-21-16(18)9-14(22)10-17(21)23/h4-10,15H,3,12H2,1-2H3,(H,25,26). The normalized spacial score (nSPS) is 11.7. The van der Waals surface area contributed by atoms with Gasteiger partial charge in [0.15, 0.2) is 23.4 Å². The zero-order chi connectivity index (χ0) is 20.1. The molecule has 1 atom stereocenters. The molecule has 1 heterocycles. The first-order valence-corrected chi connectivity index (χ1v) is 8.76. The molecule has 3 rings (SSSR count). The van der Waals surface area contributed by atoms with Gasteiger partial charge in [-0.15, -0.1) is 0 Å². The summed E-state index contributed by atoms with van der Waals surface area (Å²) in [4.78, 5) is 3.98. The number of halogens is 2. The van der Waals surface area contributed by atoms with Crippen molar-refractivity contribution < 1.29 is 18.3 Å². The number of methoxy groups -OCH3 is 1. The summed E-state index contributed by atoms with van der Waals surface area (Å²) in [6.07, 6.45) is 1.43. The Morgan fingerprint density at radius 3 is 2.71 bits per heavy atom.